The minimum absolute atomic E-state index is 0.118. The molecule has 4 nitrogen and oxygen atoms in total. The molecule has 2 heterocycles. The molecule has 2 aromatic carbocycles. The second-order valence-electron chi connectivity index (χ2n) is 8.14. The highest BCUT2D eigenvalue weighted by molar-refractivity contribution is 6.30. The first-order chi connectivity index (χ1) is 13.5. The number of ether oxygens (including phenoxy) is 1. The van der Waals surface area contributed by atoms with Crippen molar-refractivity contribution < 1.29 is 9.84 Å². The van der Waals surface area contributed by atoms with E-state index >= 15 is 0 Å². The molecular weight excluding hydrogens is 372 g/mol. The van der Waals surface area contributed by atoms with Crippen LogP contribution >= 0.6 is 11.6 Å². The maximum absolute atomic E-state index is 10.6. The summed E-state index contributed by atoms with van der Waals surface area (Å²) in [5.41, 5.74) is 10.3. The third kappa shape index (κ3) is 4.06. The second-order valence-corrected chi connectivity index (χ2v) is 8.58. The molecule has 1 saturated heterocycles. The van der Waals surface area contributed by atoms with Crippen LogP contribution in [0.25, 0.3) is 0 Å². The summed E-state index contributed by atoms with van der Waals surface area (Å²) in [6.07, 6.45) is 3.01. The van der Waals surface area contributed by atoms with Gasteiger partial charge in [-0.2, -0.15) is 0 Å². The van der Waals surface area contributed by atoms with Gasteiger partial charge in [-0.05, 0) is 67.6 Å². The lowest BCUT2D eigenvalue weighted by Gasteiger charge is -2.40. The van der Waals surface area contributed by atoms with Crippen molar-refractivity contribution >= 4 is 11.6 Å². The summed E-state index contributed by atoms with van der Waals surface area (Å²) in [7, 11) is 0. The van der Waals surface area contributed by atoms with E-state index in [1.165, 1.54) is 5.56 Å². The highest BCUT2D eigenvalue weighted by atomic mass is 35.5. The third-order valence-electron chi connectivity index (χ3n) is 6.30. The number of aryl methyl sites for hydroxylation is 1. The van der Waals surface area contributed by atoms with E-state index in [0.717, 1.165) is 60.6 Å². The van der Waals surface area contributed by atoms with Crippen molar-refractivity contribution in [3.63, 3.8) is 0 Å². The molecule has 0 unspecified atom stereocenters. The lowest BCUT2D eigenvalue weighted by atomic mass is 9.83. The van der Waals surface area contributed by atoms with Crippen LogP contribution in [-0.4, -0.2) is 35.7 Å². The van der Waals surface area contributed by atoms with Gasteiger partial charge >= 0.3 is 0 Å². The molecule has 150 valence electrons. The molecule has 0 saturated carbocycles. The van der Waals surface area contributed by atoms with Gasteiger partial charge in [-0.3, -0.25) is 4.90 Å². The number of phenolic OH excluding ortho intramolecular Hbond substituents is 1. The van der Waals surface area contributed by atoms with Crippen LogP contribution in [0.15, 0.2) is 36.4 Å². The zero-order valence-electron chi connectivity index (χ0n) is 16.4. The number of hydrogen-bond donors (Lipinski definition) is 2. The first-order valence-corrected chi connectivity index (χ1v) is 10.6. The zero-order chi connectivity index (χ0) is 19.7. The van der Waals surface area contributed by atoms with Crippen LogP contribution in [-0.2, 0) is 17.7 Å². The van der Waals surface area contributed by atoms with E-state index < -0.39 is 0 Å². The lowest BCUT2D eigenvalue weighted by Crippen LogP contribution is -2.41. The molecule has 0 aliphatic carbocycles. The Morgan fingerprint density at radius 3 is 2.54 bits per heavy atom. The summed E-state index contributed by atoms with van der Waals surface area (Å²) in [5, 5.41) is 11.4. The number of rotatable bonds is 4. The summed E-state index contributed by atoms with van der Waals surface area (Å²) in [6, 6.07) is 12.1. The van der Waals surface area contributed by atoms with E-state index in [1.54, 1.807) is 0 Å². The van der Waals surface area contributed by atoms with Crippen LogP contribution in [0.2, 0.25) is 5.02 Å². The molecule has 3 N–H and O–H groups in total. The molecular formula is C23H29ClN2O2. The third-order valence-corrected chi connectivity index (χ3v) is 6.56. The van der Waals surface area contributed by atoms with Crippen LogP contribution in [0.4, 0.5) is 0 Å². The van der Waals surface area contributed by atoms with Gasteiger partial charge in [0.25, 0.3) is 0 Å². The van der Waals surface area contributed by atoms with Crippen LogP contribution < -0.4 is 5.73 Å². The molecule has 2 aliphatic rings. The van der Waals surface area contributed by atoms with Crippen LogP contribution in [0.3, 0.4) is 0 Å². The highest BCUT2D eigenvalue weighted by Gasteiger charge is 2.35. The molecule has 5 heteroatoms. The number of phenols is 1. The highest BCUT2D eigenvalue weighted by Crippen LogP contribution is 2.40. The van der Waals surface area contributed by atoms with Gasteiger partial charge in [0.2, 0.25) is 0 Å². The average molecular weight is 401 g/mol. The number of hydrogen-bond acceptors (Lipinski definition) is 4. The minimum Gasteiger partial charge on any atom is -0.507 e. The van der Waals surface area contributed by atoms with Gasteiger partial charge in [0, 0.05) is 30.1 Å². The van der Waals surface area contributed by atoms with Crippen molar-refractivity contribution in [2.24, 2.45) is 11.7 Å². The van der Waals surface area contributed by atoms with Crippen molar-refractivity contribution in [2.75, 3.05) is 19.6 Å². The topological polar surface area (TPSA) is 58.7 Å². The second kappa shape index (κ2) is 8.42. The molecule has 0 amide bonds. The van der Waals surface area contributed by atoms with Gasteiger partial charge in [-0.15, -0.1) is 0 Å². The molecule has 0 spiro atoms. The molecule has 2 aromatic rings. The van der Waals surface area contributed by atoms with Crippen molar-refractivity contribution in [1.82, 2.24) is 4.90 Å². The van der Waals surface area contributed by atoms with Gasteiger partial charge < -0.3 is 15.6 Å². The Kier molecular flexibility index (Phi) is 5.93. The number of nitrogens with zero attached hydrogens (tertiary/aromatic N) is 1. The van der Waals surface area contributed by atoms with E-state index in [9.17, 15) is 5.11 Å². The molecule has 1 fully saturated rings. The molecule has 28 heavy (non-hydrogen) atoms. The maximum Gasteiger partial charge on any atom is 0.122 e. The number of nitrogens with two attached hydrogens (primary N) is 1. The summed E-state index contributed by atoms with van der Waals surface area (Å²) in [5.74, 6) is 0.924. The quantitative estimate of drug-likeness (QED) is 0.807. The first-order valence-electron chi connectivity index (χ1n) is 10.2. The van der Waals surface area contributed by atoms with Crippen LogP contribution in [0.5, 0.6) is 5.75 Å². The van der Waals surface area contributed by atoms with Gasteiger partial charge in [0.1, 0.15) is 5.75 Å². The number of halogens is 1. The van der Waals surface area contributed by atoms with E-state index in [1.807, 2.05) is 25.1 Å². The summed E-state index contributed by atoms with van der Waals surface area (Å²) in [4.78, 5) is 2.50. The largest absolute Gasteiger partial charge is 0.507 e. The monoisotopic (exact) mass is 400 g/mol. The first kappa shape index (κ1) is 19.7. The Bertz CT molecular complexity index is 816. The predicted octanol–water partition coefficient (Wildman–Crippen LogP) is 4.21. The van der Waals surface area contributed by atoms with Gasteiger partial charge in [0.15, 0.2) is 0 Å². The van der Waals surface area contributed by atoms with Crippen LogP contribution in [0.1, 0.15) is 41.2 Å². The molecule has 0 bridgehead atoms. The predicted molar refractivity (Wildman–Crippen MR) is 113 cm³/mol. The number of piperidine rings is 1. The smallest absolute Gasteiger partial charge is 0.122 e. The Morgan fingerprint density at radius 1 is 1.14 bits per heavy atom. The fourth-order valence-corrected chi connectivity index (χ4v) is 4.74. The maximum atomic E-state index is 10.6. The van der Waals surface area contributed by atoms with Crippen molar-refractivity contribution in [3.8, 4) is 5.75 Å². The standard InChI is InChI=1S/C23H29ClN2O2/c1-15-2-7-19-20(23(15)27)12-21(28-22(19)13-25)17-8-10-26(11-9-17)14-16-3-5-18(24)6-4-16/h2-7,17,21-22,27H,8-14,25H2,1H3/t21-,22-/m0/s1. The average Bonchev–Trinajstić information content (AvgIpc) is 2.72. The number of aromatic hydroxyl groups is 1. The minimum atomic E-state index is -0.118. The number of likely N-dealkylation sites (tertiary alicyclic amines) is 1. The molecule has 2 atom stereocenters. The van der Waals surface area contributed by atoms with Crippen molar-refractivity contribution in [2.45, 2.75) is 44.9 Å². The SMILES string of the molecule is Cc1ccc2c(c1O)C[C@@H](C1CCN(Cc3ccc(Cl)cc3)CC1)O[C@H]2CN. The van der Waals surface area contributed by atoms with E-state index in [-0.39, 0.29) is 12.2 Å². The fraction of sp³-hybridized carbons (Fsp3) is 0.478. The zero-order valence-corrected chi connectivity index (χ0v) is 17.2. The Labute approximate surface area is 172 Å². The summed E-state index contributed by atoms with van der Waals surface area (Å²) < 4.78 is 6.39. The summed E-state index contributed by atoms with van der Waals surface area (Å²) in [6.45, 7) is 5.48. The van der Waals surface area contributed by atoms with Crippen molar-refractivity contribution in [3.05, 3.63) is 63.7 Å². The van der Waals surface area contributed by atoms with E-state index in [0.29, 0.717) is 18.2 Å². The molecule has 0 aromatic heterocycles. The fourth-order valence-electron chi connectivity index (χ4n) is 4.61. The Balaban J connectivity index is 1.40. The van der Waals surface area contributed by atoms with E-state index in [2.05, 4.69) is 23.1 Å². The normalized spacial score (nSPS) is 23.5. The molecule has 2 aliphatic heterocycles. The lowest BCUT2D eigenvalue weighted by molar-refractivity contribution is -0.0651. The van der Waals surface area contributed by atoms with Crippen LogP contribution in [0, 0.1) is 12.8 Å². The molecule has 4 rings (SSSR count). The van der Waals surface area contributed by atoms with Crippen molar-refractivity contribution in [1.29, 1.82) is 0 Å². The number of benzene rings is 2. The van der Waals surface area contributed by atoms with Gasteiger partial charge in [0.05, 0.1) is 12.2 Å². The van der Waals surface area contributed by atoms with Gasteiger partial charge in [-0.25, -0.2) is 0 Å². The number of fused-ring (bicyclic) bond motifs is 1. The Hall–Kier alpha value is -1.59. The van der Waals surface area contributed by atoms with Gasteiger partial charge in [-0.1, -0.05) is 35.9 Å². The summed E-state index contributed by atoms with van der Waals surface area (Å²) >= 11 is 5.99. The van der Waals surface area contributed by atoms with E-state index in [4.69, 9.17) is 22.1 Å². The Morgan fingerprint density at radius 2 is 1.86 bits per heavy atom. The molecule has 0 radical (unpaired) electrons.